The van der Waals surface area contributed by atoms with Crippen molar-refractivity contribution in [2.75, 3.05) is 44.2 Å². The first-order valence-corrected chi connectivity index (χ1v) is 8.65. The Morgan fingerprint density at radius 2 is 1.56 bits per heavy atom. The summed E-state index contributed by atoms with van der Waals surface area (Å²) in [4.78, 5) is 16.4. The number of hydrogen-bond donors (Lipinski definition) is 1. The van der Waals surface area contributed by atoms with Crippen LogP contribution < -0.4 is 4.90 Å². The van der Waals surface area contributed by atoms with Crippen molar-refractivity contribution in [3.63, 3.8) is 0 Å². The van der Waals surface area contributed by atoms with Gasteiger partial charge in [-0.1, -0.05) is 36.4 Å². The molecule has 1 saturated heterocycles. The number of anilines is 1. The third-order valence-electron chi connectivity index (χ3n) is 4.38. The molecule has 25 heavy (non-hydrogen) atoms. The van der Waals surface area contributed by atoms with Crippen LogP contribution in [0.4, 0.5) is 5.69 Å². The molecule has 1 N–H and O–H groups in total. The zero-order valence-electron chi connectivity index (χ0n) is 14.3. The number of carbonyl (C=O) groups is 1. The van der Waals surface area contributed by atoms with E-state index in [0.29, 0.717) is 12.1 Å². The fraction of sp³-hybridized carbons (Fsp3) is 0.350. The Bertz CT molecular complexity index is 655. The van der Waals surface area contributed by atoms with Crippen molar-refractivity contribution in [2.24, 2.45) is 0 Å². The second-order valence-corrected chi connectivity index (χ2v) is 6.24. The van der Waals surface area contributed by atoms with Crippen molar-refractivity contribution in [3.05, 3.63) is 66.2 Å². The highest BCUT2D eigenvalue weighted by Gasteiger charge is 2.20. The number of piperazine rings is 1. The van der Waals surface area contributed by atoms with Gasteiger partial charge in [-0.25, -0.2) is 4.79 Å². The average Bonchev–Trinajstić information content (AvgIpc) is 2.68. The highest BCUT2D eigenvalue weighted by atomic mass is 16.5. The Morgan fingerprint density at radius 1 is 0.960 bits per heavy atom. The lowest BCUT2D eigenvalue weighted by Gasteiger charge is -2.36. The van der Waals surface area contributed by atoms with Gasteiger partial charge in [0.25, 0.3) is 0 Å². The van der Waals surface area contributed by atoms with E-state index < -0.39 is 12.1 Å². The molecule has 0 radical (unpaired) electrons. The molecule has 0 unspecified atom stereocenters. The minimum absolute atomic E-state index is 0.0205. The monoisotopic (exact) mass is 340 g/mol. The first-order valence-electron chi connectivity index (χ1n) is 8.65. The van der Waals surface area contributed by atoms with E-state index in [4.69, 9.17) is 4.74 Å². The van der Waals surface area contributed by atoms with Crippen LogP contribution in [0.15, 0.2) is 60.7 Å². The summed E-state index contributed by atoms with van der Waals surface area (Å²) in [6, 6.07) is 19.2. The molecule has 1 heterocycles. The maximum Gasteiger partial charge on any atom is 0.338 e. The summed E-state index contributed by atoms with van der Waals surface area (Å²) in [6.07, 6.45) is -0.670. The minimum Gasteiger partial charge on any atom is -0.459 e. The van der Waals surface area contributed by atoms with E-state index in [9.17, 15) is 9.90 Å². The van der Waals surface area contributed by atoms with Crippen molar-refractivity contribution in [1.29, 1.82) is 0 Å². The molecule has 2 aromatic carbocycles. The van der Waals surface area contributed by atoms with Crippen molar-refractivity contribution in [1.82, 2.24) is 4.90 Å². The van der Waals surface area contributed by atoms with Crippen LogP contribution in [0.2, 0.25) is 0 Å². The molecule has 1 aliphatic heterocycles. The molecule has 0 aromatic heterocycles. The number of para-hydroxylation sites is 1. The van der Waals surface area contributed by atoms with Crippen LogP contribution in [-0.2, 0) is 4.74 Å². The van der Waals surface area contributed by atoms with Gasteiger partial charge in [-0.15, -0.1) is 0 Å². The van der Waals surface area contributed by atoms with Gasteiger partial charge >= 0.3 is 5.97 Å². The maximum absolute atomic E-state index is 11.9. The number of esters is 1. The van der Waals surface area contributed by atoms with Crippen LogP contribution in [0, 0.1) is 0 Å². The number of benzene rings is 2. The maximum atomic E-state index is 11.9. The normalized spacial score (nSPS) is 16.4. The van der Waals surface area contributed by atoms with E-state index in [2.05, 4.69) is 21.9 Å². The van der Waals surface area contributed by atoms with E-state index in [0.717, 1.165) is 26.2 Å². The highest BCUT2D eigenvalue weighted by Crippen LogP contribution is 2.15. The second-order valence-electron chi connectivity index (χ2n) is 6.24. The van der Waals surface area contributed by atoms with Gasteiger partial charge < -0.3 is 14.7 Å². The molecule has 0 spiro atoms. The molecule has 5 heteroatoms. The summed E-state index contributed by atoms with van der Waals surface area (Å²) in [6.45, 7) is 4.18. The number of nitrogens with zero attached hydrogens (tertiary/aromatic N) is 2. The lowest BCUT2D eigenvalue weighted by atomic mass is 10.2. The molecule has 0 aliphatic carbocycles. The van der Waals surface area contributed by atoms with Crippen LogP contribution in [-0.4, -0.2) is 61.4 Å². The second kappa shape index (κ2) is 8.65. The molecule has 1 fully saturated rings. The molecular formula is C20H24N2O3. The molecule has 0 bridgehead atoms. The van der Waals surface area contributed by atoms with Crippen molar-refractivity contribution >= 4 is 11.7 Å². The summed E-state index contributed by atoms with van der Waals surface area (Å²) in [5.41, 5.74) is 1.74. The fourth-order valence-corrected chi connectivity index (χ4v) is 3.01. The number of aliphatic hydroxyl groups is 1. The van der Waals surface area contributed by atoms with Gasteiger partial charge in [-0.2, -0.15) is 0 Å². The van der Waals surface area contributed by atoms with Gasteiger partial charge in [-0.3, -0.25) is 4.90 Å². The number of aliphatic hydroxyl groups excluding tert-OH is 1. The number of β-amino-alcohol motifs (C(OH)–C–C–N with tert-alkyl or cyclic N) is 1. The molecule has 0 saturated carbocycles. The SMILES string of the molecule is O=C(OC[C@@H](O)CN1CCN(c2ccccc2)CC1)c1ccccc1. The number of rotatable bonds is 6. The average molecular weight is 340 g/mol. The summed E-state index contributed by atoms with van der Waals surface area (Å²) in [5, 5.41) is 10.1. The van der Waals surface area contributed by atoms with E-state index in [1.807, 2.05) is 24.3 Å². The molecule has 5 nitrogen and oxygen atoms in total. The number of ether oxygens (including phenoxy) is 1. The van der Waals surface area contributed by atoms with Crippen molar-refractivity contribution in [2.45, 2.75) is 6.10 Å². The predicted molar refractivity (Wildman–Crippen MR) is 97.8 cm³/mol. The highest BCUT2D eigenvalue weighted by molar-refractivity contribution is 5.89. The third kappa shape index (κ3) is 5.05. The van der Waals surface area contributed by atoms with Crippen molar-refractivity contribution < 1.29 is 14.6 Å². The fourth-order valence-electron chi connectivity index (χ4n) is 3.01. The Kier molecular flexibility index (Phi) is 6.04. The quantitative estimate of drug-likeness (QED) is 0.816. The predicted octanol–water partition coefficient (Wildman–Crippen LogP) is 2.03. The minimum atomic E-state index is -0.670. The largest absolute Gasteiger partial charge is 0.459 e. The van der Waals surface area contributed by atoms with Gasteiger partial charge in [-0.05, 0) is 24.3 Å². The smallest absolute Gasteiger partial charge is 0.338 e. The zero-order chi connectivity index (χ0) is 17.5. The Hall–Kier alpha value is -2.37. The summed E-state index contributed by atoms with van der Waals surface area (Å²) < 4.78 is 5.20. The van der Waals surface area contributed by atoms with Crippen LogP contribution in [0.5, 0.6) is 0 Å². The first kappa shape index (κ1) is 17.5. The standard InChI is InChI=1S/C20H24N2O3/c23-19(16-25-20(24)17-7-3-1-4-8-17)15-21-11-13-22(14-12-21)18-9-5-2-6-10-18/h1-10,19,23H,11-16H2/t19-/m0/s1. The Balaban J connectivity index is 1.39. The third-order valence-corrected chi connectivity index (χ3v) is 4.38. The van der Waals surface area contributed by atoms with Gasteiger partial charge in [0.15, 0.2) is 0 Å². The molecule has 1 atom stereocenters. The Labute approximate surface area is 148 Å². The summed E-state index contributed by atoms with van der Waals surface area (Å²) in [5.74, 6) is -0.395. The molecule has 132 valence electrons. The van der Waals surface area contributed by atoms with E-state index in [1.54, 1.807) is 24.3 Å². The van der Waals surface area contributed by atoms with Crippen LogP contribution >= 0.6 is 0 Å². The van der Waals surface area contributed by atoms with E-state index >= 15 is 0 Å². The van der Waals surface area contributed by atoms with Gasteiger partial charge in [0.05, 0.1) is 5.56 Å². The van der Waals surface area contributed by atoms with Gasteiger partial charge in [0.1, 0.15) is 12.7 Å². The number of hydrogen-bond acceptors (Lipinski definition) is 5. The molecule has 3 rings (SSSR count). The van der Waals surface area contributed by atoms with E-state index in [1.165, 1.54) is 5.69 Å². The summed E-state index contributed by atoms with van der Waals surface area (Å²) in [7, 11) is 0. The topological polar surface area (TPSA) is 53.0 Å². The summed E-state index contributed by atoms with van der Waals surface area (Å²) >= 11 is 0. The lowest BCUT2D eigenvalue weighted by Crippen LogP contribution is -2.49. The molecule has 0 amide bonds. The van der Waals surface area contributed by atoms with Crippen LogP contribution in [0.25, 0.3) is 0 Å². The first-order chi connectivity index (χ1) is 12.2. The van der Waals surface area contributed by atoms with Gasteiger partial charge in [0, 0.05) is 38.4 Å². The van der Waals surface area contributed by atoms with Crippen LogP contribution in [0.3, 0.4) is 0 Å². The van der Waals surface area contributed by atoms with Crippen LogP contribution in [0.1, 0.15) is 10.4 Å². The zero-order valence-corrected chi connectivity index (χ0v) is 14.3. The molecule has 2 aromatic rings. The lowest BCUT2D eigenvalue weighted by molar-refractivity contribution is 0.0152. The number of carbonyl (C=O) groups excluding carboxylic acids is 1. The molecular weight excluding hydrogens is 316 g/mol. The van der Waals surface area contributed by atoms with Crippen molar-refractivity contribution in [3.8, 4) is 0 Å². The molecule has 1 aliphatic rings. The Morgan fingerprint density at radius 3 is 2.20 bits per heavy atom. The van der Waals surface area contributed by atoms with Gasteiger partial charge in [0.2, 0.25) is 0 Å². The van der Waals surface area contributed by atoms with E-state index in [-0.39, 0.29) is 6.61 Å².